The quantitative estimate of drug-likeness (QED) is 0.155. The van der Waals surface area contributed by atoms with Crippen LogP contribution in [0.5, 0.6) is 5.75 Å². The number of nitrogens with zero attached hydrogens (tertiary/aromatic N) is 6. The molecule has 2 aliphatic heterocycles. The van der Waals surface area contributed by atoms with Gasteiger partial charge in [0.2, 0.25) is 5.95 Å². The minimum atomic E-state index is -0.145. The molecular weight excluding hydrogens is 546 g/mol. The molecule has 2 aromatic heterocycles. The number of anilines is 5. The molecule has 43 heavy (non-hydrogen) atoms. The number of unbranched alkanes of at least 4 members (excludes halogenated alkanes) is 1. The number of likely N-dealkylation sites (N-methyl/N-ethyl adjacent to an activating group) is 2. The molecule has 2 aliphatic rings. The number of fused-ring (bicyclic) bond motifs is 1. The molecule has 0 radical (unpaired) electrons. The lowest BCUT2D eigenvalue weighted by Gasteiger charge is -2.32. The van der Waals surface area contributed by atoms with Crippen molar-refractivity contribution in [1.82, 2.24) is 30.1 Å². The average Bonchev–Trinajstić information content (AvgIpc) is 3.02. The second-order valence-corrected chi connectivity index (χ2v) is 10.7. The molecule has 1 amide bonds. The van der Waals surface area contributed by atoms with Crippen LogP contribution in [-0.4, -0.2) is 96.9 Å². The van der Waals surface area contributed by atoms with Gasteiger partial charge in [0.15, 0.2) is 24.5 Å². The van der Waals surface area contributed by atoms with Gasteiger partial charge in [0.05, 0.1) is 5.56 Å². The number of piperazine rings is 1. The van der Waals surface area contributed by atoms with Crippen molar-refractivity contribution in [2.45, 2.75) is 19.4 Å². The van der Waals surface area contributed by atoms with Gasteiger partial charge in [0.1, 0.15) is 11.6 Å². The molecule has 1 saturated heterocycles. The Balaban J connectivity index is 1.25. The van der Waals surface area contributed by atoms with Crippen LogP contribution in [0.4, 0.5) is 29.1 Å². The van der Waals surface area contributed by atoms with E-state index in [2.05, 4.69) is 72.0 Å². The first-order valence-corrected chi connectivity index (χ1v) is 14.6. The summed E-state index contributed by atoms with van der Waals surface area (Å²) in [6.07, 6.45) is 7.95. The Hall–Kier alpha value is -4.39. The normalized spacial score (nSPS) is 15.8. The molecular formula is C31H39N9O3. The molecule has 3 N–H and O–H groups in total. The number of hydrogen-bond donors (Lipinski definition) is 3. The first kappa shape index (κ1) is 30.1. The maximum atomic E-state index is 12.7. The zero-order valence-electron chi connectivity index (χ0n) is 24.8. The number of ether oxygens (including phenoxy) is 1. The monoisotopic (exact) mass is 585 g/mol. The number of rotatable bonds is 13. The zero-order valence-corrected chi connectivity index (χ0v) is 24.8. The average molecular weight is 586 g/mol. The number of pyridine rings is 1. The van der Waals surface area contributed by atoms with Crippen molar-refractivity contribution in [3.05, 3.63) is 65.9 Å². The van der Waals surface area contributed by atoms with Gasteiger partial charge in [-0.2, -0.15) is 4.98 Å². The van der Waals surface area contributed by atoms with Crippen LogP contribution in [-0.2, 0) is 11.3 Å². The van der Waals surface area contributed by atoms with Gasteiger partial charge in [-0.25, -0.2) is 9.97 Å². The number of carbonyl (C=O) groups is 2. The number of hydrogen-bond acceptors (Lipinski definition) is 11. The van der Waals surface area contributed by atoms with Crippen molar-refractivity contribution < 1.29 is 14.3 Å². The largest absolute Gasteiger partial charge is 0.480 e. The Bertz CT molecular complexity index is 1420. The van der Waals surface area contributed by atoms with Crippen molar-refractivity contribution in [2.24, 2.45) is 0 Å². The maximum absolute atomic E-state index is 12.7. The van der Waals surface area contributed by atoms with E-state index < -0.39 is 0 Å². The summed E-state index contributed by atoms with van der Waals surface area (Å²) in [5.74, 6) is 1.90. The lowest BCUT2D eigenvalue weighted by molar-refractivity contribution is -0.121. The van der Waals surface area contributed by atoms with E-state index in [0.29, 0.717) is 42.0 Å². The third kappa shape index (κ3) is 8.13. The molecule has 4 heterocycles. The van der Waals surface area contributed by atoms with Crippen LogP contribution in [0.2, 0.25) is 0 Å². The van der Waals surface area contributed by atoms with Crippen LogP contribution < -0.4 is 25.6 Å². The Morgan fingerprint density at radius 3 is 2.58 bits per heavy atom. The van der Waals surface area contributed by atoms with Crippen molar-refractivity contribution in [2.75, 3.05) is 75.5 Å². The van der Waals surface area contributed by atoms with Gasteiger partial charge >= 0.3 is 0 Å². The second-order valence-electron chi connectivity index (χ2n) is 10.7. The summed E-state index contributed by atoms with van der Waals surface area (Å²) in [5.41, 5.74) is 2.37. The van der Waals surface area contributed by atoms with Crippen LogP contribution in [0.1, 0.15) is 28.8 Å². The molecule has 1 aromatic carbocycles. The maximum Gasteiger partial charge on any atom is 0.266 e. The number of aromatic nitrogens is 3. The van der Waals surface area contributed by atoms with Gasteiger partial charge in [-0.3, -0.25) is 19.4 Å². The highest BCUT2D eigenvalue weighted by Crippen LogP contribution is 2.32. The van der Waals surface area contributed by atoms with Crippen LogP contribution in [0.3, 0.4) is 0 Å². The first-order valence-electron chi connectivity index (χ1n) is 14.6. The summed E-state index contributed by atoms with van der Waals surface area (Å²) in [7, 11) is 4.06. The van der Waals surface area contributed by atoms with Crippen LogP contribution in [0.15, 0.2) is 54.7 Å². The van der Waals surface area contributed by atoms with Crippen molar-refractivity contribution in [3.63, 3.8) is 0 Å². The zero-order chi connectivity index (χ0) is 30.0. The summed E-state index contributed by atoms with van der Waals surface area (Å²) in [6, 6.07) is 11.7. The molecule has 12 nitrogen and oxygen atoms in total. The first-order chi connectivity index (χ1) is 21.0. The Labute approximate surface area is 252 Å². The third-order valence-corrected chi connectivity index (χ3v) is 7.39. The van der Waals surface area contributed by atoms with Gasteiger partial charge < -0.3 is 25.6 Å². The number of aldehydes is 1. The molecule has 1 fully saturated rings. The lowest BCUT2D eigenvalue weighted by atomic mass is 10.2. The van der Waals surface area contributed by atoms with Gasteiger partial charge in [-0.15, -0.1) is 0 Å². The third-order valence-electron chi connectivity index (χ3n) is 7.39. The number of carbonyl (C=O) groups excluding carboxylic acids is 2. The van der Waals surface area contributed by atoms with E-state index in [9.17, 15) is 9.59 Å². The molecule has 0 unspecified atom stereocenters. The molecule has 12 heteroatoms. The van der Waals surface area contributed by atoms with Gasteiger partial charge in [-0.05, 0) is 56.8 Å². The molecule has 5 rings (SSSR count). The molecule has 0 saturated carbocycles. The van der Waals surface area contributed by atoms with Crippen LogP contribution in [0, 0.1) is 0 Å². The van der Waals surface area contributed by atoms with E-state index in [1.807, 2.05) is 19.2 Å². The van der Waals surface area contributed by atoms with E-state index in [0.717, 1.165) is 57.8 Å². The summed E-state index contributed by atoms with van der Waals surface area (Å²) < 4.78 is 5.62. The standard InChI is InChI=1S/C31H39N9O3/c1-32-13-5-3-4-6-14-40-28(42)22-43-26-11-12-27(36-30(26)40)35-29-24(21-41)19-33-31(37-29)34-25-9-7-23(8-10-25)20-39-17-15-38(2)16-18-39/h3,5,7-12,19,21,32H,4,6,13-18,20,22H2,1-2H3,(H2,33,34,35,36,37)/b5-3-. The number of amides is 1. The number of benzene rings is 1. The molecule has 0 spiro atoms. The Kier molecular flexibility index (Phi) is 10.3. The molecule has 0 aliphatic carbocycles. The Morgan fingerprint density at radius 2 is 1.81 bits per heavy atom. The molecule has 0 bridgehead atoms. The SMILES string of the molecule is CNC/C=C\CCCN1C(=O)COc2ccc(Nc3nc(Nc4ccc(CN5CCN(C)CC5)cc4)ncc3C=O)nc21. The number of nitrogens with one attached hydrogen (secondary N) is 3. The fourth-order valence-electron chi connectivity index (χ4n) is 4.91. The fourth-order valence-corrected chi connectivity index (χ4v) is 4.91. The van der Waals surface area contributed by atoms with Crippen molar-refractivity contribution in [1.29, 1.82) is 0 Å². The van der Waals surface area contributed by atoms with Gasteiger partial charge in [0.25, 0.3) is 5.91 Å². The highest BCUT2D eigenvalue weighted by molar-refractivity contribution is 5.97. The summed E-state index contributed by atoms with van der Waals surface area (Å²) in [4.78, 5) is 44.4. The van der Waals surface area contributed by atoms with Crippen LogP contribution >= 0.6 is 0 Å². The smallest absolute Gasteiger partial charge is 0.266 e. The molecule has 0 atom stereocenters. The van der Waals surface area contributed by atoms with Crippen LogP contribution in [0.25, 0.3) is 0 Å². The van der Waals surface area contributed by atoms with E-state index in [1.54, 1.807) is 17.0 Å². The highest BCUT2D eigenvalue weighted by Gasteiger charge is 2.27. The number of allylic oxidation sites excluding steroid dienone is 1. The predicted octanol–water partition coefficient (Wildman–Crippen LogP) is 3.20. The molecule has 226 valence electrons. The summed E-state index contributed by atoms with van der Waals surface area (Å²) >= 11 is 0. The van der Waals surface area contributed by atoms with Crippen molar-refractivity contribution >= 4 is 41.3 Å². The van der Waals surface area contributed by atoms with Gasteiger partial charge in [0, 0.05) is 57.7 Å². The lowest BCUT2D eigenvalue weighted by Crippen LogP contribution is -2.43. The van der Waals surface area contributed by atoms with E-state index in [1.165, 1.54) is 11.8 Å². The van der Waals surface area contributed by atoms with E-state index in [4.69, 9.17) is 4.74 Å². The minimum absolute atomic E-state index is 0.0237. The van der Waals surface area contributed by atoms with Gasteiger partial charge in [-0.1, -0.05) is 24.3 Å². The summed E-state index contributed by atoms with van der Waals surface area (Å²) in [5, 5.41) is 9.42. The topological polar surface area (TPSA) is 128 Å². The van der Waals surface area contributed by atoms with Crippen molar-refractivity contribution in [3.8, 4) is 5.75 Å². The highest BCUT2D eigenvalue weighted by atomic mass is 16.5. The fraction of sp³-hybridized carbons (Fsp3) is 0.387. The second kappa shape index (κ2) is 14.7. The molecule has 3 aromatic rings. The minimum Gasteiger partial charge on any atom is -0.480 e. The predicted molar refractivity (Wildman–Crippen MR) is 168 cm³/mol. The summed E-state index contributed by atoms with van der Waals surface area (Å²) in [6.45, 7) is 6.53. The van der Waals surface area contributed by atoms with E-state index in [-0.39, 0.29) is 18.1 Å². The Morgan fingerprint density at radius 1 is 1.00 bits per heavy atom. The van der Waals surface area contributed by atoms with E-state index >= 15 is 0 Å².